The van der Waals surface area contributed by atoms with Gasteiger partial charge in [0.1, 0.15) is 0 Å². The summed E-state index contributed by atoms with van der Waals surface area (Å²) in [5.41, 5.74) is 3.14. The summed E-state index contributed by atoms with van der Waals surface area (Å²) in [6.45, 7) is 12.2. The van der Waals surface area contributed by atoms with Crippen LogP contribution in [0.15, 0.2) is 40.6 Å². The van der Waals surface area contributed by atoms with Crippen LogP contribution in [0.2, 0.25) is 0 Å². The minimum Gasteiger partial charge on any atom is -0.274 e. The number of hydrogen-bond acceptors (Lipinski definition) is 3. The lowest BCUT2D eigenvalue weighted by atomic mass is 10.1. The van der Waals surface area contributed by atoms with Crippen molar-refractivity contribution in [3.05, 3.63) is 35.6 Å². The van der Waals surface area contributed by atoms with Gasteiger partial charge in [0.05, 0.1) is 5.70 Å². The molecular weight excluding hydrogens is 256 g/mol. The zero-order valence-electron chi connectivity index (χ0n) is 12.2. The maximum absolute atomic E-state index is 12.0. The Kier molecular flexibility index (Phi) is 6.09. The van der Waals surface area contributed by atoms with Crippen LogP contribution in [0.25, 0.3) is 0 Å². The van der Waals surface area contributed by atoms with Crippen molar-refractivity contribution >= 4 is 22.8 Å². The summed E-state index contributed by atoms with van der Waals surface area (Å²) in [7, 11) is 0. The SMILES string of the molecule is C=CC=C(C(C)=C(C)C)N(C(C)=O)C1=NCCCS1. The third kappa shape index (κ3) is 4.10. The Morgan fingerprint density at radius 1 is 1.37 bits per heavy atom. The molecule has 19 heavy (non-hydrogen) atoms. The lowest BCUT2D eigenvalue weighted by Crippen LogP contribution is -2.34. The molecule has 0 aromatic rings. The van der Waals surface area contributed by atoms with Gasteiger partial charge in [-0.05, 0) is 38.8 Å². The predicted molar refractivity (Wildman–Crippen MR) is 84.2 cm³/mol. The van der Waals surface area contributed by atoms with E-state index in [1.807, 2.05) is 26.8 Å². The van der Waals surface area contributed by atoms with E-state index in [1.165, 1.54) is 5.57 Å². The number of nitrogens with zero attached hydrogens (tertiary/aromatic N) is 2. The van der Waals surface area contributed by atoms with Gasteiger partial charge >= 0.3 is 0 Å². The smallest absolute Gasteiger partial charge is 0.230 e. The van der Waals surface area contributed by atoms with Crippen molar-refractivity contribution in [2.24, 2.45) is 4.99 Å². The molecule has 0 spiro atoms. The largest absolute Gasteiger partial charge is 0.274 e. The van der Waals surface area contributed by atoms with Crippen LogP contribution in [-0.4, -0.2) is 28.3 Å². The van der Waals surface area contributed by atoms with E-state index < -0.39 is 0 Å². The Balaban J connectivity index is 3.25. The van der Waals surface area contributed by atoms with Gasteiger partial charge in [0, 0.05) is 19.2 Å². The molecule has 0 saturated heterocycles. The second kappa shape index (κ2) is 7.34. The van der Waals surface area contributed by atoms with Crippen LogP contribution in [0.1, 0.15) is 34.1 Å². The summed E-state index contributed by atoms with van der Waals surface area (Å²) < 4.78 is 0. The molecule has 0 N–H and O–H groups in total. The number of hydrogen-bond donors (Lipinski definition) is 0. The van der Waals surface area contributed by atoms with Gasteiger partial charge in [-0.2, -0.15) is 0 Å². The number of carbonyl (C=O) groups is 1. The highest BCUT2D eigenvalue weighted by atomic mass is 32.2. The molecule has 1 aliphatic rings. The molecular formula is C15H22N2OS. The van der Waals surface area contributed by atoms with Gasteiger partial charge in [0.15, 0.2) is 5.17 Å². The maximum Gasteiger partial charge on any atom is 0.230 e. The number of amides is 1. The highest BCUT2D eigenvalue weighted by molar-refractivity contribution is 8.13. The fourth-order valence-corrected chi connectivity index (χ4v) is 2.72. The number of aliphatic imine (C=N–C) groups is 1. The van der Waals surface area contributed by atoms with E-state index >= 15 is 0 Å². The van der Waals surface area contributed by atoms with E-state index in [2.05, 4.69) is 11.6 Å². The first-order chi connectivity index (χ1) is 8.99. The summed E-state index contributed by atoms with van der Waals surface area (Å²) in [6.07, 6.45) is 4.66. The lowest BCUT2D eigenvalue weighted by Gasteiger charge is -2.28. The van der Waals surface area contributed by atoms with Gasteiger partial charge < -0.3 is 0 Å². The Morgan fingerprint density at radius 2 is 2.05 bits per heavy atom. The molecule has 0 aromatic heterocycles. The van der Waals surface area contributed by atoms with Crippen LogP contribution in [-0.2, 0) is 4.79 Å². The van der Waals surface area contributed by atoms with Gasteiger partial charge in [0.25, 0.3) is 0 Å². The van der Waals surface area contributed by atoms with Gasteiger partial charge in [-0.3, -0.25) is 14.7 Å². The Labute approximate surface area is 120 Å². The first-order valence-electron chi connectivity index (χ1n) is 6.44. The molecule has 1 amide bonds. The molecule has 0 unspecified atom stereocenters. The van der Waals surface area contributed by atoms with Crippen molar-refractivity contribution in [2.45, 2.75) is 34.1 Å². The lowest BCUT2D eigenvalue weighted by molar-refractivity contribution is -0.123. The second-order valence-corrected chi connectivity index (χ2v) is 5.70. The Morgan fingerprint density at radius 3 is 2.47 bits per heavy atom. The molecule has 4 heteroatoms. The van der Waals surface area contributed by atoms with Crippen LogP contribution >= 0.6 is 11.8 Å². The predicted octanol–water partition coefficient (Wildman–Crippen LogP) is 3.75. The Bertz CT molecular complexity index is 457. The third-order valence-electron chi connectivity index (χ3n) is 2.94. The van der Waals surface area contributed by atoms with E-state index in [1.54, 1.807) is 29.7 Å². The highest BCUT2D eigenvalue weighted by Crippen LogP contribution is 2.25. The maximum atomic E-state index is 12.0. The summed E-state index contributed by atoms with van der Waals surface area (Å²) in [4.78, 5) is 18.2. The zero-order chi connectivity index (χ0) is 14.4. The van der Waals surface area contributed by atoms with E-state index in [9.17, 15) is 4.79 Å². The van der Waals surface area contributed by atoms with Crippen molar-refractivity contribution < 1.29 is 4.79 Å². The van der Waals surface area contributed by atoms with Gasteiger partial charge in [-0.15, -0.1) is 0 Å². The van der Waals surface area contributed by atoms with Crippen LogP contribution in [0, 0.1) is 0 Å². The molecule has 0 atom stereocenters. The number of carbonyl (C=O) groups excluding carboxylic acids is 1. The monoisotopic (exact) mass is 278 g/mol. The van der Waals surface area contributed by atoms with Crippen molar-refractivity contribution in [2.75, 3.05) is 12.3 Å². The molecule has 104 valence electrons. The first-order valence-corrected chi connectivity index (χ1v) is 7.42. The van der Waals surface area contributed by atoms with Gasteiger partial charge in [-0.25, -0.2) is 0 Å². The average Bonchev–Trinajstić information content (AvgIpc) is 2.38. The molecule has 0 saturated carbocycles. The first kappa shape index (κ1) is 15.8. The quantitative estimate of drug-likeness (QED) is 0.736. The summed E-state index contributed by atoms with van der Waals surface area (Å²) in [5, 5.41) is 0.799. The highest BCUT2D eigenvalue weighted by Gasteiger charge is 2.23. The molecule has 0 bridgehead atoms. The fourth-order valence-electron chi connectivity index (χ4n) is 1.73. The molecule has 1 heterocycles. The Hall–Kier alpha value is -1.29. The molecule has 0 radical (unpaired) electrons. The molecule has 0 aliphatic carbocycles. The minimum atomic E-state index is -0.0122. The van der Waals surface area contributed by atoms with E-state index in [-0.39, 0.29) is 5.91 Å². The van der Waals surface area contributed by atoms with E-state index in [4.69, 9.17) is 0 Å². The van der Waals surface area contributed by atoms with Crippen molar-refractivity contribution in [1.29, 1.82) is 0 Å². The van der Waals surface area contributed by atoms with Gasteiger partial charge in [0.2, 0.25) is 5.91 Å². The van der Waals surface area contributed by atoms with Crippen molar-refractivity contribution in [1.82, 2.24) is 4.90 Å². The van der Waals surface area contributed by atoms with E-state index in [0.717, 1.165) is 35.2 Å². The third-order valence-corrected chi connectivity index (χ3v) is 4.00. The van der Waals surface area contributed by atoms with Crippen LogP contribution in [0.4, 0.5) is 0 Å². The van der Waals surface area contributed by atoms with Crippen molar-refractivity contribution in [3.8, 4) is 0 Å². The molecule has 1 rings (SSSR count). The van der Waals surface area contributed by atoms with Crippen LogP contribution in [0.3, 0.4) is 0 Å². The van der Waals surface area contributed by atoms with Crippen LogP contribution in [0.5, 0.6) is 0 Å². The van der Waals surface area contributed by atoms with Crippen LogP contribution < -0.4 is 0 Å². The van der Waals surface area contributed by atoms with E-state index in [0.29, 0.717) is 0 Å². The zero-order valence-corrected chi connectivity index (χ0v) is 13.0. The summed E-state index contributed by atoms with van der Waals surface area (Å²) >= 11 is 1.64. The number of rotatable bonds is 3. The van der Waals surface area contributed by atoms with Gasteiger partial charge in [-0.1, -0.05) is 30.0 Å². The molecule has 0 fully saturated rings. The minimum absolute atomic E-state index is 0.0122. The molecule has 0 aromatic carbocycles. The topological polar surface area (TPSA) is 32.7 Å². The second-order valence-electron chi connectivity index (χ2n) is 4.63. The number of amidine groups is 1. The molecule has 3 nitrogen and oxygen atoms in total. The number of thioether (sulfide) groups is 1. The molecule has 1 aliphatic heterocycles. The average molecular weight is 278 g/mol. The number of allylic oxidation sites excluding steroid dienone is 4. The summed E-state index contributed by atoms with van der Waals surface area (Å²) in [5.74, 6) is 1.000. The standard InChI is InChI=1S/C15H22N2OS/c1-6-8-14(12(4)11(2)3)17(13(5)18)15-16-9-7-10-19-15/h6,8H,1,7,9-10H2,2-5H3. The normalized spacial score (nSPS) is 15.6. The summed E-state index contributed by atoms with van der Waals surface area (Å²) in [6, 6.07) is 0. The fraction of sp³-hybridized carbons (Fsp3) is 0.467. The van der Waals surface area contributed by atoms with Crippen molar-refractivity contribution in [3.63, 3.8) is 0 Å².